The predicted octanol–water partition coefficient (Wildman–Crippen LogP) is 2.36. The van der Waals surface area contributed by atoms with Crippen LogP contribution in [0.15, 0.2) is 36.5 Å². The van der Waals surface area contributed by atoms with E-state index >= 15 is 0 Å². The van der Waals surface area contributed by atoms with Crippen LogP contribution in [0.4, 0.5) is 0 Å². The summed E-state index contributed by atoms with van der Waals surface area (Å²) < 4.78 is 10.6. The number of nitrogens with zero attached hydrogens (tertiary/aromatic N) is 3. The van der Waals surface area contributed by atoms with Gasteiger partial charge in [0, 0.05) is 25.8 Å². The maximum absolute atomic E-state index is 12.4. The summed E-state index contributed by atoms with van der Waals surface area (Å²) in [6.45, 7) is 4.07. The molecule has 1 aromatic carbocycles. The van der Waals surface area contributed by atoms with E-state index in [1.165, 1.54) is 7.11 Å². The van der Waals surface area contributed by atoms with Crippen LogP contribution in [0.2, 0.25) is 0 Å². The number of nitrogens with one attached hydrogen (secondary N) is 1. The third-order valence-electron chi connectivity index (χ3n) is 5.53. The largest absolute Gasteiger partial charge is 0.465 e. The summed E-state index contributed by atoms with van der Waals surface area (Å²) >= 11 is 0. The van der Waals surface area contributed by atoms with Crippen molar-refractivity contribution < 1.29 is 14.3 Å². The van der Waals surface area contributed by atoms with Crippen LogP contribution in [-0.4, -0.2) is 65.9 Å². The molecule has 0 saturated carbocycles. The van der Waals surface area contributed by atoms with Crippen molar-refractivity contribution >= 4 is 5.97 Å². The van der Waals surface area contributed by atoms with Crippen LogP contribution in [0.1, 0.15) is 46.7 Å². The predicted molar refractivity (Wildman–Crippen MR) is 100 cm³/mol. The zero-order valence-electron chi connectivity index (χ0n) is 15.6. The Morgan fingerprint density at radius 2 is 2.07 bits per heavy atom. The fourth-order valence-corrected chi connectivity index (χ4v) is 4.29. The summed E-state index contributed by atoms with van der Waals surface area (Å²) in [5.74, 6) is -0.291. The molecule has 0 bridgehead atoms. The molecule has 0 amide bonds. The minimum absolute atomic E-state index is 0.000000000000000222. The molecular formula is C20H26N4O3. The van der Waals surface area contributed by atoms with Crippen LogP contribution in [0, 0.1) is 0 Å². The van der Waals surface area contributed by atoms with Gasteiger partial charge in [0.15, 0.2) is 0 Å². The third kappa shape index (κ3) is 3.63. The van der Waals surface area contributed by atoms with Gasteiger partial charge in [0.25, 0.3) is 0 Å². The van der Waals surface area contributed by atoms with Crippen LogP contribution >= 0.6 is 0 Å². The number of methoxy groups -OCH3 is 1. The highest BCUT2D eigenvalue weighted by Gasteiger charge is 2.38. The van der Waals surface area contributed by atoms with Gasteiger partial charge in [0.05, 0.1) is 43.8 Å². The Balaban J connectivity index is 1.75. The lowest BCUT2D eigenvalue weighted by Gasteiger charge is -2.42. The molecule has 3 heterocycles. The molecule has 7 nitrogen and oxygen atoms in total. The second-order valence-corrected chi connectivity index (χ2v) is 7.01. The van der Waals surface area contributed by atoms with Crippen molar-refractivity contribution in [3.63, 3.8) is 0 Å². The zero-order valence-corrected chi connectivity index (χ0v) is 15.6. The lowest BCUT2D eigenvalue weighted by Crippen LogP contribution is -2.47. The molecule has 2 saturated heterocycles. The van der Waals surface area contributed by atoms with Gasteiger partial charge in [-0.1, -0.05) is 18.2 Å². The first kappa shape index (κ1) is 18.2. The lowest BCUT2D eigenvalue weighted by molar-refractivity contribution is -0.0407. The Hall–Kier alpha value is -2.22. The van der Waals surface area contributed by atoms with Crippen LogP contribution in [0.25, 0.3) is 0 Å². The highest BCUT2D eigenvalue weighted by atomic mass is 16.5. The molecule has 2 aliphatic heterocycles. The van der Waals surface area contributed by atoms with E-state index in [9.17, 15) is 4.79 Å². The summed E-state index contributed by atoms with van der Waals surface area (Å²) in [4.78, 5) is 17.3. The molecule has 1 N–H and O–H groups in total. The van der Waals surface area contributed by atoms with Crippen molar-refractivity contribution in [3.8, 4) is 0 Å². The van der Waals surface area contributed by atoms with Crippen molar-refractivity contribution in [1.82, 2.24) is 20.0 Å². The number of ether oxygens (including phenoxy) is 2. The molecule has 144 valence electrons. The molecule has 0 spiro atoms. The van der Waals surface area contributed by atoms with Gasteiger partial charge >= 0.3 is 5.97 Å². The van der Waals surface area contributed by atoms with Gasteiger partial charge in [0.1, 0.15) is 0 Å². The molecule has 27 heavy (non-hydrogen) atoms. The molecule has 2 unspecified atom stereocenters. The van der Waals surface area contributed by atoms with Crippen LogP contribution in [0.5, 0.6) is 0 Å². The standard InChI is InChI=1S/C20H26N4O3/c1-26-20(25)16-6-3-2-5-15(16)19(23-11-13-27-14-12-23)24-10-4-7-18(24)17-8-9-21-22-17/h2-3,5-6,8-9,18-19H,4,7,10-14H2,1H3,(H,21,22). The molecule has 2 aliphatic rings. The van der Waals surface area contributed by atoms with Crippen molar-refractivity contribution in [2.45, 2.75) is 25.0 Å². The van der Waals surface area contributed by atoms with Gasteiger partial charge in [-0.05, 0) is 30.5 Å². The van der Waals surface area contributed by atoms with E-state index in [1.54, 1.807) is 6.20 Å². The second-order valence-electron chi connectivity index (χ2n) is 7.01. The minimum Gasteiger partial charge on any atom is -0.465 e. The van der Waals surface area contributed by atoms with Gasteiger partial charge < -0.3 is 9.47 Å². The fraction of sp³-hybridized carbons (Fsp3) is 0.500. The molecule has 0 radical (unpaired) electrons. The molecule has 2 aromatic rings. The van der Waals surface area contributed by atoms with E-state index in [-0.39, 0.29) is 18.2 Å². The Morgan fingerprint density at radius 1 is 1.26 bits per heavy atom. The SMILES string of the molecule is COC(=O)c1ccccc1C(N1CCOCC1)N1CCCC1c1ccn[nH]1. The first-order valence-corrected chi connectivity index (χ1v) is 9.53. The average molecular weight is 370 g/mol. The molecule has 1 aromatic heterocycles. The Kier molecular flexibility index (Phi) is 5.52. The summed E-state index contributed by atoms with van der Waals surface area (Å²) in [7, 11) is 1.44. The number of carbonyl (C=O) groups is 1. The molecular weight excluding hydrogens is 344 g/mol. The highest BCUT2D eigenvalue weighted by Crippen LogP contribution is 2.40. The second kappa shape index (κ2) is 8.21. The Morgan fingerprint density at radius 3 is 2.81 bits per heavy atom. The van der Waals surface area contributed by atoms with Crippen molar-refractivity contribution in [2.75, 3.05) is 40.0 Å². The number of hydrogen-bond donors (Lipinski definition) is 1. The monoisotopic (exact) mass is 370 g/mol. The van der Waals surface area contributed by atoms with E-state index in [2.05, 4.69) is 26.1 Å². The Labute approximate surface area is 159 Å². The zero-order chi connectivity index (χ0) is 18.6. The van der Waals surface area contributed by atoms with Crippen molar-refractivity contribution in [1.29, 1.82) is 0 Å². The number of morpholine rings is 1. The number of carbonyl (C=O) groups excluding carboxylic acids is 1. The van der Waals surface area contributed by atoms with Gasteiger partial charge in [-0.2, -0.15) is 5.10 Å². The molecule has 0 aliphatic carbocycles. The van der Waals surface area contributed by atoms with E-state index < -0.39 is 0 Å². The highest BCUT2D eigenvalue weighted by molar-refractivity contribution is 5.91. The number of esters is 1. The van der Waals surface area contributed by atoms with Crippen molar-refractivity contribution in [2.24, 2.45) is 0 Å². The summed E-state index contributed by atoms with van der Waals surface area (Å²) in [5, 5.41) is 7.29. The Bertz CT molecular complexity index is 758. The lowest BCUT2D eigenvalue weighted by atomic mass is 10.0. The average Bonchev–Trinajstić information content (AvgIpc) is 3.41. The van der Waals surface area contributed by atoms with E-state index in [0.29, 0.717) is 18.8 Å². The molecule has 4 rings (SSSR count). The molecule has 7 heteroatoms. The maximum atomic E-state index is 12.4. The summed E-state index contributed by atoms with van der Waals surface area (Å²) in [5.41, 5.74) is 2.76. The third-order valence-corrected chi connectivity index (χ3v) is 5.53. The van der Waals surface area contributed by atoms with Gasteiger partial charge in [-0.3, -0.25) is 14.9 Å². The smallest absolute Gasteiger partial charge is 0.338 e. The van der Waals surface area contributed by atoms with Gasteiger partial charge in [-0.25, -0.2) is 4.79 Å². The van der Waals surface area contributed by atoms with Crippen LogP contribution < -0.4 is 0 Å². The molecule has 2 fully saturated rings. The number of rotatable bonds is 5. The van der Waals surface area contributed by atoms with Crippen molar-refractivity contribution in [3.05, 3.63) is 53.3 Å². The number of hydrogen-bond acceptors (Lipinski definition) is 6. The first-order chi connectivity index (χ1) is 13.3. The number of likely N-dealkylation sites (tertiary alicyclic amines) is 1. The van der Waals surface area contributed by atoms with E-state index in [0.717, 1.165) is 43.7 Å². The number of aromatic amines is 1. The number of H-pyrrole nitrogens is 1. The summed E-state index contributed by atoms with van der Waals surface area (Å²) in [6.07, 6.45) is 3.99. The normalized spacial score (nSPS) is 22.6. The quantitative estimate of drug-likeness (QED) is 0.815. The van der Waals surface area contributed by atoms with E-state index in [4.69, 9.17) is 9.47 Å². The van der Waals surface area contributed by atoms with Gasteiger partial charge in [0.2, 0.25) is 0 Å². The first-order valence-electron chi connectivity index (χ1n) is 9.53. The molecule has 2 atom stereocenters. The topological polar surface area (TPSA) is 70.7 Å². The maximum Gasteiger partial charge on any atom is 0.338 e. The van der Waals surface area contributed by atoms with Crippen LogP contribution in [0.3, 0.4) is 0 Å². The fourth-order valence-electron chi connectivity index (χ4n) is 4.29. The number of benzene rings is 1. The van der Waals surface area contributed by atoms with Crippen LogP contribution in [-0.2, 0) is 9.47 Å². The number of aromatic nitrogens is 2. The minimum atomic E-state index is -0.291. The van der Waals surface area contributed by atoms with Gasteiger partial charge in [-0.15, -0.1) is 0 Å². The van der Waals surface area contributed by atoms with E-state index in [1.807, 2.05) is 24.3 Å². The summed E-state index contributed by atoms with van der Waals surface area (Å²) in [6, 6.07) is 10.1.